The van der Waals surface area contributed by atoms with Crippen LogP contribution >= 0.6 is 0 Å². The lowest BCUT2D eigenvalue weighted by atomic mass is 10.1. The van der Waals surface area contributed by atoms with Gasteiger partial charge in [-0.05, 0) is 36.4 Å². The third-order valence-corrected chi connectivity index (χ3v) is 3.85. The number of halogens is 2. The molecule has 3 rings (SSSR count). The van der Waals surface area contributed by atoms with Gasteiger partial charge in [0.25, 0.3) is 5.91 Å². The van der Waals surface area contributed by atoms with Gasteiger partial charge < -0.3 is 15.4 Å². The van der Waals surface area contributed by atoms with E-state index in [0.29, 0.717) is 22.4 Å². The average Bonchev–Trinajstić information content (AvgIpc) is 3.08. The summed E-state index contributed by atoms with van der Waals surface area (Å²) in [5.41, 5.74) is 2.32. The van der Waals surface area contributed by atoms with Crippen molar-refractivity contribution >= 4 is 22.5 Å². The quantitative estimate of drug-likeness (QED) is 0.605. The molecule has 0 fully saturated rings. The maximum Gasteiger partial charge on any atom is 0.272 e. The summed E-state index contributed by atoms with van der Waals surface area (Å²) in [5.74, 6) is -0.269. The van der Waals surface area contributed by atoms with Crippen LogP contribution in [0.1, 0.15) is 16.1 Å². The summed E-state index contributed by atoms with van der Waals surface area (Å²) in [5, 5.41) is 13.2. The number of ether oxygens (including phenoxy) is 1. The molecule has 0 radical (unpaired) electrons. The minimum absolute atomic E-state index is 0.0882. The molecule has 136 valence electrons. The van der Waals surface area contributed by atoms with Crippen molar-refractivity contribution in [1.29, 1.82) is 0 Å². The Labute approximate surface area is 148 Å². The molecule has 3 N–H and O–H groups in total. The largest absolute Gasteiger partial charge is 0.491 e. The molecule has 6 nitrogen and oxygen atoms in total. The summed E-state index contributed by atoms with van der Waals surface area (Å²) >= 11 is 0. The van der Waals surface area contributed by atoms with Crippen LogP contribution in [-0.4, -0.2) is 36.4 Å². The maximum absolute atomic E-state index is 13.5. The lowest BCUT2D eigenvalue weighted by Gasteiger charge is -2.12. The number of H-pyrrole nitrogens is 1. The van der Waals surface area contributed by atoms with Crippen molar-refractivity contribution in [3.05, 3.63) is 53.5 Å². The Morgan fingerprint density at radius 1 is 1.27 bits per heavy atom. The number of fused-ring (bicyclic) bond motifs is 1. The first-order valence-corrected chi connectivity index (χ1v) is 8.03. The fourth-order valence-corrected chi connectivity index (χ4v) is 2.59. The van der Waals surface area contributed by atoms with Gasteiger partial charge in [0.05, 0.1) is 5.52 Å². The number of alkyl halides is 1. The van der Waals surface area contributed by atoms with E-state index < -0.39 is 12.5 Å². The fourth-order valence-electron chi connectivity index (χ4n) is 2.59. The normalized spacial score (nSPS) is 10.7. The SMILES string of the molecule is CNC(=O)c1n[nH]c2ccc(NCc3cc(F)ccc3OCCF)cc12. The molecule has 0 atom stereocenters. The highest BCUT2D eigenvalue weighted by Crippen LogP contribution is 2.24. The molecule has 0 aliphatic heterocycles. The number of benzene rings is 2. The molecule has 2 aromatic carbocycles. The molecule has 0 bridgehead atoms. The van der Waals surface area contributed by atoms with Crippen molar-refractivity contribution in [2.45, 2.75) is 6.54 Å². The monoisotopic (exact) mass is 360 g/mol. The molecular weight excluding hydrogens is 342 g/mol. The van der Waals surface area contributed by atoms with E-state index in [1.54, 1.807) is 12.1 Å². The number of rotatable bonds is 7. The first-order valence-electron chi connectivity index (χ1n) is 8.03. The number of nitrogens with zero attached hydrogens (tertiary/aromatic N) is 1. The zero-order valence-corrected chi connectivity index (χ0v) is 14.1. The number of anilines is 1. The molecule has 8 heteroatoms. The van der Waals surface area contributed by atoms with Crippen LogP contribution in [0.2, 0.25) is 0 Å². The van der Waals surface area contributed by atoms with Gasteiger partial charge in [0.2, 0.25) is 0 Å². The molecule has 0 unspecified atom stereocenters. The third kappa shape index (κ3) is 3.74. The number of aromatic nitrogens is 2. The number of hydrogen-bond donors (Lipinski definition) is 3. The first kappa shape index (κ1) is 17.7. The van der Waals surface area contributed by atoms with Crippen LogP contribution in [0.15, 0.2) is 36.4 Å². The van der Waals surface area contributed by atoms with Crippen molar-refractivity contribution < 1.29 is 18.3 Å². The van der Waals surface area contributed by atoms with Gasteiger partial charge in [-0.15, -0.1) is 0 Å². The van der Waals surface area contributed by atoms with Crippen LogP contribution in [0.3, 0.4) is 0 Å². The number of carbonyl (C=O) groups is 1. The Kier molecular flexibility index (Phi) is 5.31. The molecule has 0 saturated carbocycles. The van der Waals surface area contributed by atoms with Crippen LogP contribution in [0.4, 0.5) is 14.5 Å². The lowest BCUT2D eigenvalue weighted by molar-refractivity contribution is 0.0959. The van der Waals surface area contributed by atoms with Gasteiger partial charge in [-0.3, -0.25) is 9.89 Å². The molecule has 0 aliphatic rings. The number of aromatic amines is 1. The van der Waals surface area contributed by atoms with E-state index in [-0.39, 0.29) is 19.1 Å². The van der Waals surface area contributed by atoms with Crippen molar-refractivity contribution in [2.75, 3.05) is 25.6 Å². The van der Waals surface area contributed by atoms with E-state index in [0.717, 1.165) is 11.2 Å². The standard InChI is InChI=1S/C18H18F2N4O2/c1-21-18(25)17-14-9-13(3-4-15(14)23-24-17)22-10-11-8-12(20)2-5-16(11)26-7-6-19/h2-5,8-9,22H,6-7,10H2,1H3,(H,21,25)(H,23,24). The Morgan fingerprint density at radius 3 is 2.88 bits per heavy atom. The smallest absolute Gasteiger partial charge is 0.272 e. The van der Waals surface area contributed by atoms with Gasteiger partial charge in [-0.25, -0.2) is 8.78 Å². The number of amides is 1. The second-order valence-electron chi connectivity index (χ2n) is 5.55. The van der Waals surface area contributed by atoms with Gasteiger partial charge in [0.15, 0.2) is 5.69 Å². The highest BCUT2D eigenvalue weighted by atomic mass is 19.1. The topological polar surface area (TPSA) is 79.0 Å². The summed E-state index contributed by atoms with van der Waals surface area (Å²) in [4.78, 5) is 11.9. The van der Waals surface area contributed by atoms with Crippen LogP contribution in [0.25, 0.3) is 10.9 Å². The Morgan fingerprint density at radius 2 is 2.12 bits per heavy atom. The van der Waals surface area contributed by atoms with E-state index in [4.69, 9.17) is 4.74 Å². The van der Waals surface area contributed by atoms with E-state index >= 15 is 0 Å². The molecule has 1 heterocycles. The number of nitrogens with one attached hydrogen (secondary N) is 3. The summed E-state index contributed by atoms with van der Waals surface area (Å²) in [6.07, 6.45) is 0. The van der Waals surface area contributed by atoms with E-state index in [9.17, 15) is 13.6 Å². The highest BCUT2D eigenvalue weighted by molar-refractivity contribution is 6.05. The van der Waals surface area contributed by atoms with Crippen LogP contribution < -0.4 is 15.4 Å². The zero-order chi connectivity index (χ0) is 18.5. The maximum atomic E-state index is 13.5. The molecule has 3 aromatic rings. The van der Waals surface area contributed by atoms with Crippen molar-refractivity contribution in [2.24, 2.45) is 0 Å². The van der Waals surface area contributed by atoms with E-state index in [2.05, 4.69) is 20.8 Å². The second kappa shape index (κ2) is 7.81. The Bertz CT molecular complexity index is 927. The van der Waals surface area contributed by atoms with Gasteiger partial charge >= 0.3 is 0 Å². The summed E-state index contributed by atoms with van der Waals surface area (Å²) in [7, 11) is 1.54. The van der Waals surface area contributed by atoms with Crippen LogP contribution in [0, 0.1) is 5.82 Å². The molecule has 1 aromatic heterocycles. The number of hydrogen-bond acceptors (Lipinski definition) is 4. The summed E-state index contributed by atoms with van der Waals surface area (Å²) in [6.45, 7) is -0.434. The molecule has 0 aliphatic carbocycles. The van der Waals surface area contributed by atoms with Crippen molar-refractivity contribution in [3.63, 3.8) is 0 Å². The van der Waals surface area contributed by atoms with Crippen LogP contribution in [0.5, 0.6) is 5.75 Å². The first-order chi connectivity index (χ1) is 12.6. The molecule has 1 amide bonds. The average molecular weight is 360 g/mol. The van der Waals surface area contributed by atoms with Gasteiger partial charge in [0.1, 0.15) is 24.8 Å². The van der Waals surface area contributed by atoms with E-state index in [1.165, 1.54) is 25.2 Å². The Balaban J connectivity index is 1.81. The van der Waals surface area contributed by atoms with Gasteiger partial charge in [0, 0.05) is 30.2 Å². The van der Waals surface area contributed by atoms with E-state index in [1.807, 2.05) is 6.07 Å². The minimum Gasteiger partial charge on any atom is -0.491 e. The fraction of sp³-hybridized carbons (Fsp3) is 0.222. The molecule has 26 heavy (non-hydrogen) atoms. The Hall–Kier alpha value is -3.16. The summed E-state index contributed by atoms with van der Waals surface area (Å²) < 4.78 is 31.2. The predicted octanol–water partition coefficient (Wildman–Crippen LogP) is 3.02. The minimum atomic E-state index is -0.621. The zero-order valence-electron chi connectivity index (χ0n) is 14.1. The summed E-state index contributed by atoms with van der Waals surface area (Å²) in [6, 6.07) is 9.48. The molecular formula is C18H18F2N4O2. The van der Waals surface area contributed by atoms with Gasteiger partial charge in [-0.1, -0.05) is 0 Å². The molecule has 0 saturated heterocycles. The third-order valence-electron chi connectivity index (χ3n) is 3.85. The van der Waals surface area contributed by atoms with Crippen LogP contribution in [-0.2, 0) is 6.54 Å². The lowest BCUT2D eigenvalue weighted by Crippen LogP contribution is -2.18. The predicted molar refractivity (Wildman–Crippen MR) is 94.7 cm³/mol. The van der Waals surface area contributed by atoms with Crippen molar-refractivity contribution in [1.82, 2.24) is 15.5 Å². The van der Waals surface area contributed by atoms with Gasteiger partial charge in [-0.2, -0.15) is 5.10 Å². The number of carbonyl (C=O) groups excluding carboxylic acids is 1. The molecule has 0 spiro atoms. The second-order valence-corrected chi connectivity index (χ2v) is 5.55. The highest BCUT2D eigenvalue weighted by Gasteiger charge is 2.13. The van der Waals surface area contributed by atoms with Crippen molar-refractivity contribution in [3.8, 4) is 5.75 Å².